The van der Waals surface area contributed by atoms with E-state index in [2.05, 4.69) is 26.1 Å². The highest BCUT2D eigenvalue weighted by Crippen LogP contribution is 2.30. The van der Waals surface area contributed by atoms with Crippen molar-refractivity contribution in [2.24, 2.45) is 0 Å². The first-order valence-corrected chi connectivity index (χ1v) is 10.4. The molecule has 0 spiro atoms. The number of hydrogen-bond donors (Lipinski definition) is 0. The van der Waals surface area contributed by atoms with E-state index < -0.39 is 0 Å². The fourth-order valence-electron chi connectivity index (χ4n) is 3.57. The predicted octanol–water partition coefficient (Wildman–Crippen LogP) is 4.07. The molecule has 1 aliphatic rings. The van der Waals surface area contributed by atoms with E-state index in [-0.39, 0.29) is 11.8 Å². The molecule has 7 nitrogen and oxygen atoms in total. The highest BCUT2D eigenvalue weighted by molar-refractivity contribution is 9.10. The van der Waals surface area contributed by atoms with Crippen LogP contribution in [0.2, 0.25) is 0 Å². The standard InChI is InChI=1S/C22H22BrN3O4/c1-28-18-8-3-14(11-19(18)29-2)9-10-26-13-16(12-20(26)27)22-24-21(25-30-22)15-4-6-17(23)7-5-15/h3-8,11,16H,9-10,12-13H2,1-2H3. The average Bonchev–Trinajstić information content (AvgIpc) is 3.39. The quantitative estimate of drug-likeness (QED) is 0.516. The van der Waals surface area contributed by atoms with Crippen LogP contribution in [-0.2, 0) is 11.2 Å². The molecule has 0 radical (unpaired) electrons. The van der Waals surface area contributed by atoms with E-state index in [0.29, 0.717) is 42.7 Å². The molecular formula is C22H22BrN3O4. The van der Waals surface area contributed by atoms with Gasteiger partial charge in [-0.2, -0.15) is 4.98 Å². The molecule has 1 saturated heterocycles. The second kappa shape index (κ2) is 8.87. The SMILES string of the molecule is COc1ccc(CCN2CC(c3nc(-c4ccc(Br)cc4)no3)CC2=O)cc1OC. The smallest absolute Gasteiger partial charge is 0.232 e. The van der Waals surface area contributed by atoms with E-state index in [1.807, 2.05) is 47.4 Å². The highest BCUT2D eigenvalue weighted by Gasteiger charge is 2.34. The molecule has 0 saturated carbocycles. The van der Waals surface area contributed by atoms with Gasteiger partial charge in [0.25, 0.3) is 0 Å². The van der Waals surface area contributed by atoms with Crippen LogP contribution in [0.15, 0.2) is 51.5 Å². The summed E-state index contributed by atoms with van der Waals surface area (Å²) >= 11 is 3.42. The molecule has 156 valence electrons. The number of carbonyl (C=O) groups is 1. The van der Waals surface area contributed by atoms with Gasteiger partial charge < -0.3 is 18.9 Å². The van der Waals surface area contributed by atoms with E-state index in [1.165, 1.54) is 0 Å². The first kappa shape index (κ1) is 20.4. The molecule has 1 atom stereocenters. The molecule has 1 aromatic heterocycles. The summed E-state index contributed by atoms with van der Waals surface area (Å²) in [6.45, 7) is 1.20. The Labute approximate surface area is 183 Å². The van der Waals surface area contributed by atoms with Gasteiger partial charge in [0, 0.05) is 29.5 Å². The van der Waals surface area contributed by atoms with E-state index in [0.717, 1.165) is 22.0 Å². The molecule has 30 heavy (non-hydrogen) atoms. The van der Waals surface area contributed by atoms with E-state index >= 15 is 0 Å². The third-order valence-corrected chi connectivity index (χ3v) is 5.75. The van der Waals surface area contributed by atoms with Gasteiger partial charge in [0.15, 0.2) is 11.5 Å². The Kier molecular flexibility index (Phi) is 6.03. The van der Waals surface area contributed by atoms with Crippen LogP contribution in [0.5, 0.6) is 11.5 Å². The van der Waals surface area contributed by atoms with Crippen LogP contribution >= 0.6 is 15.9 Å². The van der Waals surface area contributed by atoms with Crippen molar-refractivity contribution < 1.29 is 18.8 Å². The summed E-state index contributed by atoms with van der Waals surface area (Å²) in [4.78, 5) is 18.9. The normalized spacial score (nSPS) is 16.2. The molecule has 8 heteroatoms. The summed E-state index contributed by atoms with van der Waals surface area (Å²) in [5.41, 5.74) is 1.96. The molecule has 1 aliphatic heterocycles. The summed E-state index contributed by atoms with van der Waals surface area (Å²) in [6.07, 6.45) is 1.11. The maximum atomic E-state index is 12.5. The van der Waals surface area contributed by atoms with Crippen molar-refractivity contribution in [1.82, 2.24) is 15.0 Å². The van der Waals surface area contributed by atoms with Gasteiger partial charge in [0.2, 0.25) is 17.6 Å². The molecule has 2 aromatic carbocycles. The molecule has 1 fully saturated rings. The minimum Gasteiger partial charge on any atom is -0.493 e. The van der Waals surface area contributed by atoms with Crippen LogP contribution in [0.1, 0.15) is 23.8 Å². The van der Waals surface area contributed by atoms with Gasteiger partial charge in [-0.05, 0) is 48.4 Å². The number of aromatic nitrogens is 2. The number of carbonyl (C=O) groups excluding carboxylic acids is 1. The van der Waals surface area contributed by atoms with Crippen LogP contribution in [-0.4, -0.2) is 48.3 Å². The Hall–Kier alpha value is -2.87. The van der Waals surface area contributed by atoms with Gasteiger partial charge in [0.1, 0.15) is 0 Å². The number of hydrogen-bond acceptors (Lipinski definition) is 6. The highest BCUT2D eigenvalue weighted by atomic mass is 79.9. The lowest BCUT2D eigenvalue weighted by Crippen LogP contribution is -2.27. The summed E-state index contributed by atoms with van der Waals surface area (Å²) in [6, 6.07) is 13.5. The van der Waals surface area contributed by atoms with Crippen LogP contribution in [0, 0.1) is 0 Å². The fraction of sp³-hybridized carbons (Fsp3) is 0.318. The summed E-state index contributed by atoms with van der Waals surface area (Å²) in [7, 11) is 3.23. The Morgan fingerprint density at radius 2 is 1.90 bits per heavy atom. The number of amides is 1. The third-order valence-electron chi connectivity index (χ3n) is 5.23. The molecule has 3 aromatic rings. The lowest BCUT2D eigenvalue weighted by atomic mass is 10.1. The van der Waals surface area contributed by atoms with E-state index in [9.17, 15) is 4.79 Å². The van der Waals surface area contributed by atoms with Crippen LogP contribution in [0.25, 0.3) is 11.4 Å². The topological polar surface area (TPSA) is 77.7 Å². The summed E-state index contributed by atoms with van der Waals surface area (Å²) < 4.78 is 17.1. The maximum absolute atomic E-state index is 12.5. The molecule has 0 N–H and O–H groups in total. The zero-order valence-electron chi connectivity index (χ0n) is 16.8. The van der Waals surface area contributed by atoms with Gasteiger partial charge in [-0.15, -0.1) is 0 Å². The van der Waals surface area contributed by atoms with Crippen molar-refractivity contribution in [3.8, 4) is 22.9 Å². The number of methoxy groups -OCH3 is 2. The number of likely N-dealkylation sites (tertiary alicyclic amines) is 1. The number of halogens is 1. The third kappa shape index (κ3) is 4.33. The first-order chi connectivity index (χ1) is 14.6. The van der Waals surface area contributed by atoms with Crippen molar-refractivity contribution in [2.45, 2.75) is 18.8 Å². The largest absolute Gasteiger partial charge is 0.493 e. The fourth-order valence-corrected chi connectivity index (χ4v) is 3.84. The molecule has 1 amide bonds. The second-order valence-corrected chi connectivity index (χ2v) is 8.06. The minimum atomic E-state index is -0.0837. The van der Waals surface area contributed by atoms with Crippen molar-refractivity contribution in [2.75, 3.05) is 27.3 Å². The molecule has 4 rings (SSSR count). The van der Waals surface area contributed by atoms with Crippen molar-refractivity contribution >= 4 is 21.8 Å². The molecule has 0 aliphatic carbocycles. The Bertz CT molecular complexity index is 1040. The van der Waals surface area contributed by atoms with Crippen molar-refractivity contribution in [1.29, 1.82) is 0 Å². The molecule has 0 bridgehead atoms. The number of ether oxygens (including phenoxy) is 2. The van der Waals surface area contributed by atoms with E-state index in [1.54, 1.807) is 14.2 Å². The van der Waals surface area contributed by atoms with E-state index in [4.69, 9.17) is 14.0 Å². The second-order valence-electron chi connectivity index (χ2n) is 7.14. The van der Waals surface area contributed by atoms with Crippen molar-refractivity contribution in [3.05, 3.63) is 58.4 Å². The Morgan fingerprint density at radius 1 is 1.13 bits per heavy atom. The summed E-state index contributed by atoms with van der Waals surface area (Å²) in [5, 5.41) is 4.08. The van der Waals surface area contributed by atoms with Crippen LogP contribution in [0.3, 0.4) is 0 Å². The number of benzene rings is 2. The van der Waals surface area contributed by atoms with Gasteiger partial charge >= 0.3 is 0 Å². The lowest BCUT2D eigenvalue weighted by Gasteiger charge is -2.16. The first-order valence-electron chi connectivity index (χ1n) is 9.65. The van der Waals surface area contributed by atoms with Crippen molar-refractivity contribution in [3.63, 3.8) is 0 Å². The van der Waals surface area contributed by atoms with Crippen LogP contribution < -0.4 is 9.47 Å². The zero-order valence-corrected chi connectivity index (χ0v) is 18.4. The van der Waals surface area contributed by atoms with Gasteiger partial charge in [-0.25, -0.2) is 0 Å². The van der Waals surface area contributed by atoms with Gasteiger partial charge in [0.05, 0.1) is 20.1 Å². The zero-order chi connectivity index (χ0) is 21.1. The predicted molar refractivity (Wildman–Crippen MR) is 115 cm³/mol. The minimum absolute atomic E-state index is 0.0837. The Balaban J connectivity index is 1.39. The average molecular weight is 472 g/mol. The lowest BCUT2D eigenvalue weighted by molar-refractivity contribution is -0.127. The molecular weight excluding hydrogens is 450 g/mol. The summed E-state index contributed by atoms with van der Waals surface area (Å²) in [5.74, 6) is 2.44. The molecule has 2 heterocycles. The maximum Gasteiger partial charge on any atom is 0.232 e. The van der Waals surface area contributed by atoms with Gasteiger partial charge in [-0.1, -0.05) is 27.2 Å². The molecule has 1 unspecified atom stereocenters. The Morgan fingerprint density at radius 3 is 2.63 bits per heavy atom. The number of rotatable bonds is 7. The van der Waals surface area contributed by atoms with Gasteiger partial charge in [-0.3, -0.25) is 4.79 Å². The van der Waals surface area contributed by atoms with Crippen LogP contribution in [0.4, 0.5) is 0 Å². The monoisotopic (exact) mass is 471 g/mol. The number of nitrogens with zero attached hydrogens (tertiary/aromatic N) is 3.